The lowest BCUT2D eigenvalue weighted by atomic mass is 9.95. The molecule has 6 heteroatoms. The zero-order valence-corrected chi connectivity index (χ0v) is 12.6. The monoisotopic (exact) mass is 294 g/mol. The van der Waals surface area contributed by atoms with Crippen LogP contribution in [0.5, 0.6) is 0 Å². The SMILES string of the molecule is CSC1CCC(NC(=O)c2n[nH]c(C3CC3)c2N)CC1. The molecule has 1 amide bonds. The fourth-order valence-electron chi connectivity index (χ4n) is 2.92. The zero-order valence-electron chi connectivity index (χ0n) is 11.8. The van der Waals surface area contributed by atoms with Gasteiger partial charge in [-0.1, -0.05) is 0 Å². The third kappa shape index (κ3) is 2.80. The Morgan fingerprint density at radius 2 is 2.00 bits per heavy atom. The summed E-state index contributed by atoms with van der Waals surface area (Å²) in [5, 5.41) is 10.9. The molecule has 0 unspecified atom stereocenters. The van der Waals surface area contributed by atoms with Crippen LogP contribution in [0.1, 0.15) is 60.6 Å². The average Bonchev–Trinajstić information content (AvgIpc) is 3.22. The smallest absolute Gasteiger partial charge is 0.274 e. The van der Waals surface area contributed by atoms with Gasteiger partial charge in [-0.05, 0) is 44.8 Å². The van der Waals surface area contributed by atoms with E-state index in [1.165, 1.54) is 12.8 Å². The molecule has 1 aromatic rings. The maximum atomic E-state index is 12.3. The summed E-state index contributed by atoms with van der Waals surface area (Å²) in [4.78, 5) is 12.3. The number of aromatic nitrogens is 2. The van der Waals surface area contributed by atoms with Gasteiger partial charge in [-0.3, -0.25) is 9.89 Å². The molecule has 20 heavy (non-hydrogen) atoms. The highest BCUT2D eigenvalue weighted by Crippen LogP contribution is 2.42. The average molecular weight is 294 g/mol. The van der Waals surface area contributed by atoms with Crippen molar-refractivity contribution in [3.8, 4) is 0 Å². The van der Waals surface area contributed by atoms with Crippen molar-refractivity contribution in [2.45, 2.75) is 55.7 Å². The highest BCUT2D eigenvalue weighted by molar-refractivity contribution is 7.99. The number of aromatic amines is 1. The zero-order chi connectivity index (χ0) is 14.1. The van der Waals surface area contributed by atoms with Crippen molar-refractivity contribution in [2.75, 3.05) is 12.0 Å². The van der Waals surface area contributed by atoms with Crippen LogP contribution in [-0.2, 0) is 0 Å². The Morgan fingerprint density at radius 3 is 2.60 bits per heavy atom. The first-order valence-corrected chi connectivity index (χ1v) is 8.65. The number of nitrogens with one attached hydrogen (secondary N) is 2. The lowest BCUT2D eigenvalue weighted by Crippen LogP contribution is -2.38. The van der Waals surface area contributed by atoms with Gasteiger partial charge < -0.3 is 11.1 Å². The third-order valence-corrected chi connectivity index (χ3v) is 5.51. The molecule has 0 radical (unpaired) electrons. The molecule has 2 aliphatic carbocycles. The number of anilines is 1. The van der Waals surface area contributed by atoms with E-state index >= 15 is 0 Å². The number of H-pyrrole nitrogens is 1. The van der Waals surface area contributed by atoms with Crippen LogP contribution in [0.15, 0.2) is 0 Å². The van der Waals surface area contributed by atoms with E-state index in [9.17, 15) is 4.79 Å². The first kappa shape index (κ1) is 13.8. The molecule has 5 nitrogen and oxygen atoms in total. The predicted molar refractivity (Wildman–Crippen MR) is 82.0 cm³/mol. The summed E-state index contributed by atoms with van der Waals surface area (Å²) in [5.41, 5.74) is 7.90. The van der Waals surface area contributed by atoms with Crippen molar-refractivity contribution in [1.29, 1.82) is 0 Å². The lowest BCUT2D eigenvalue weighted by molar-refractivity contribution is 0.0924. The van der Waals surface area contributed by atoms with Crippen molar-refractivity contribution in [3.05, 3.63) is 11.4 Å². The fourth-order valence-corrected chi connectivity index (χ4v) is 3.66. The Labute approximate surface area is 123 Å². The molecule has 2 saturated carbocycles. The van der Waals surface area contributed by atoms with Crippen LogP contribution in [0, 0.1) is 0 Å². The minimum atomic E-state index is -0.127. The normalized spacial score (nSPS) is 26.4. The first-order valence-electron chi connectivity index (χ1n) is 7.36. The summed E-state index contributed by atoms with van der Waals surface area (Å²) < 4.78 is 0. The number of carbonyl (C=O) groups is 1. The van der Waals surface area contributed by atoms with Crippen LogP contribution >= 0.6 is 11.8 Å². The molecule has 0 spiro atoms. The standard InChI is InChI=1S/C14H22N4OS/c1-20-10-6-4-9(5-7-10)16-14(19)13-11(15)12(17-18-13)8-2-3-8/h8-10H,2-7,15H2,1H3,(H,16,19)(H,17,18). The second-order valence-corrected chi connectivity index (χ2v) is 6.99. The maximum absolute atomic E-state index is 12.3. The highest BCUT2D eigenvalue weighted by atomic mass is 32.2. The molecule has 1 aromatic heterocycles. The Balaban J connectivity index is 1.59. The summed E-state index contributed by atoms with van der Waals surface area (Å²) in [5.74, 6) is 0.360. The van der Waals surface area contributed by atoms with Crippen molar-refractivity contribution in [2.24, 2.45) is 0 Å². The van der Waals surface area contributed by atoms with Crippen LogP contribution in [0.2, 0.25) is 0 Å². The minimum absolute atomic E-state index is 0.127. The largest absolute Gasteiger partial charge is 0.395 e. The number of amides is 1. The van der Waals surface area contributed by atoms with Crippen LogP contribution in [-0.4, -0.2) is 33.7 Å². The van der Waals surface area contributed by atoms with Gasteiger partial charge in [0, 0.05) is 17.2 Å². The topological polar surface area (TPSA) is 83.8 Å². The number of nitrogen functional groups attached to an aromatic ring is 1. The van der Waals surface area contributed by atoms with E-state index in [-0.39, 0.29) is 11.9 Å². The van der Waals surface area contributed by atoms with Gasteiger partial charge in [-0.15, -0.1) is 0 Å². The van der Waals surface area contributed by atoms with E-state index in [1.54, 1.807) is 0 Å². The third-order valence-electron chi connectivity index (χ3n) is 4.38. The summed E-state index contributed by atoms with van der Waals surface area (Å²) >= 11 is 1.93. The van der Waals surface area contributed by atoms with E-state index in [1.807, 2.05) is 11.8 Å². The van der Waals surface area contributed by atoms with Gasteiger partial charge in [0.2, 0.25) is 0 Å². The van der Waals surface area contributed by atoms with Gasteiger partial charge in [0.1, 0.15) is 0 Å². The summed E-state index contributed by atoms with van der Waals surface area (Å²) in [7, 11) is 0. The molecule has 2 fully saturated rings. The number of carbonyl (C=O) groups excluding carboxylic acids is 1. The lowest BCUT2D eigenvalue weighted by Gasteiger charge is -2.27. The van der Waals surface area contributed by atoms with Gasteiger partial charge >= 0.3 is 0 Å². The second kappa shape index (κ2) is 5.68. The second-order valence-electron chi connectivity index (χ2n) is 5.86. The van der Waals surface area contributed by atoms with Crippen LogP contribution < -0.4 is 11.1 Å². The molecule has 0 saturated heterocycles. The van der Waals surface area contributed by atoms with Gasteiger partial charge in [-0.25, -0.2) is 0 Å². The molecule has 110 valence electrons. The maximum Gasteiger partial charge on any atom is 0.274 e. The number of hydrogen-bond donors (Lipinski definition) is 3. The van der Waals surface area contributed by atoms with Crippen LogP contribution in [0.4, 0.5) is 5.69 Å². The Kier molecular flexibility index (Phi) is 3.92. The molecular weight excluding hydrogens is 272 g/mol. The summed E-state index contributed by atoms with van der Waals surface area (Å²) in [6, 6.07) is 0.270. The Bertz CT molecular complexity index is 489. The summed E-state index contributed by atoms with van der Waals surface area (Å²) in [6.45, 7) is 0. The van der Waals surface area contributed by atoms with Crippen molar-refractivity contribution >= 4 is 23.4 Å². The number of nitrogens with two attached hydrogens (primary N) is 1. The first-order chi connectivity index (χ1) is 9.69. The van der Waals surface area contributed by atoms with Crippen LogP contribution in [0.25, 0.3) is 0 Å². The quantitative estimate of drug-likeness (QED) is 0.795. The van der Waals surface area contributed by atoms with E-state index in [4.69, 9.17) is 5.73 Å². The summed E-state index contributed by atoms with van der Waals surface area (Å²) in [6.07, 6.45) is 8.91. The van der Waals surface area contributed by atoms with Crippen molar-refractivity contribution < 1.29 is 4.79 Å². The Morgan fingerprint density at radius 1 is 1.30 bits per heavy atom. The highest BCUT2D eigenvalue weighted by Gasteiger charge is 2.31. The van der Waals surface area contributed by atoms with E-state index in [0.29, 0.717) is 17.3 Å². The van der Waals surface area contributed by atoms with Crippen molar-refractivity contribution in [1.82, 2.24) is 15.5 Å². The molecule has 0 bridgehead atoms. The number of hydrogen-bond acceptors (Lipinski definition) is 4. The number of nitrogens with zero attached hydrogens (tertiary/aromatic N) is 1. The van der Waals surface area contributed by atoms with Crippen LogP contribution in [0.3, 0.4) is 0 Å². The molecular formula is C14H22N4OS. The molecule has 2 aliphatic rings. The van der Waals surface area contributed by atoms with E-state index in [2.05, 4.69) is 21.8 Å². The molecule has 3 rings (SSSR count). The number of thioether (sulfide) groups is 1. The molecule has 0 atom stereocenters. The molecule has 0 aliphatic heterocycles. The van der Waals surface area contributed by atoms with Crippen molar-refractivity contribution in [3.63, 3.8) is 0 Å². The fraction of sp³-hybridized carbons (Fsp3) is 0.714. The minimum Gasteiger partial charge on any atom is -0.395 e. The predicted octanol–water partition coefficient (Wildman–Crippen LogP) is 2.27. The van der Waals surface area contributed by atoms with Gasteiger partial charge in [0.15, 0.2) is 5.69 Å². The molecule has 0 aromatic carbocycles. The van der Waals surface area contributed by atoms with Gasteiger partial charge in [0.05, 0.1) is 11.4 Å². The van der Waals surface area contributed by atoms with Gasteiger partial charge in [0.25, 0.3) is 5.91 Å². The molecule has 1 heterocycles. The van der Waals surface area contributed by atoms with E-state index < -0.39 is 0 Å². The Hall–Kier alpha value is -1.17. The molecule has 4 N–H and O–H groups in total. The van der Waals surface area contributed by atoms with Gasteiger partial charge in [-0.2, -0.15) is 16.9 Å². The van der Waals surface area contributed by atoms with E-state index in [0.717, 1.165) is 36.6 Å². The number of rotatable bonds is 4.